The number of hydrogen-bond donors (Lipinski definition) is 2. The summed E-state index contributed by atoms with van der Waals surface area (Å²) in [5, 5.41) is 4.67. The monoisotopic (exact) mass is 567 g/mol. The third-order valence-electron chi connectivity index (χ3n) is 5.60. The van der Waals surface area contributed by atoms with Gasteiger partial charge in [0.2, 0.25) is 5.91 Å². The molecule has 0 aliphatic rings. The van der Waals surface area contributed by atoms with E-state index in [1.54, 1.807) is 18.2 Å². The summed E-state index contributed by atoms with van der Waals surface area (Å²) in [5.41, 5.74) is -1.41. The van der Waals surface area contributed by atoms with Gasteiger partial charge in [0.05, 0.1) is 32.4 Å². The maximum atomic E-state index is 13.5. The van der Waals surface area contributed by atoms with Gasteiger partial charge in [0.25, 0.3) is 15.9 Å². The van der Waals surface area contributed by atoms with Crippen molar-refractivity contribution in [2.75, 3.05) is 16.2 Å². The molecule has 0 bridgehead atoms. The van der Waals surface area contributed by atoms with Crippen LogP contribution in [0.1, 0.15) is 36.2 Å². The van der Waals surface area contributed by atoms with Crippen molar-refractivity contribution in [1.82, 2.24) is 5.32 Å². The van der Waals surface area contributed by atoms with Crippen LogP contribution in [0.5, 0.6) is 0 Å². The van der Waals surface area contributed by atoms with Gasteiger partial charge in [-0.05, 0) is 55.8 Å². The molecule has 0 radical (unpaired) electrons. The number of alkyl halides is 3. The number of rotatable bonds is 9. The second-order valence-corrected chi connectivity index (χ2v) is 10.6. The molecule has 3 rings (SSSR count). The Morgan fingerprint density at radius 3 is 2.26 bits per heavy atom. The number of para-hydroxylation sites is 1. The van der Waals surface area contributed by atoms with Crippen molar-refractivity contribution in [3.8, 4) is 0 Å². The number of hydrogen-bond acceptors (Lipinski definition) is 4. The molecule has 202 valence electrons. The molecule has 3 aromatic carbocycles. The zero-order valence-corrected chi connectivity index (χ0v) is 22.0. The van der Waals surface area contributed by atoms with Crippen molar-refractivity contribution in [3.63, 3.8) is 0 Å². The Kier molecular flexibility index (Phi) is 9.05. The van der Waals surface area contributed by atoms with Gasteiger partial charge < -0.3 is 10.6 Å². The van der Waals surface area contributed by atoms with Gasteiger partial charge in [-0.15, -0.1) is 0 Å². The highest BCUT2D eigenvalue weighted by Gasteiger charge is 2.35. The number of halogens is 4. The molecule has 0 aromatic heterocycles. The van der Waals surface area contributed by atoms with Crippen LogP contribution in [-0.4, -0.2) is 32.8 Å². The minimum atomic E-state index is -4.86. The molecule has 0 spiro atoms. The van der Waals surface area contributed by atoms with Crippen molar-refractivity contribution < 1.29 is 31.2 Å². The molecule has 0 fully saturated rings. The fourth-order valence-corrected chi connectivity index (χ4v) is 5.09. The lowest BCUT2D eigenvalue weighted by Gasteiger charge is -2.25. The van der Waals surface area contributed by atoms with Gasteiger partial charge in [0.15, 0.2) is 0 Å². The first-order valence-electron chi connectivity index (χ1n) is 11.5. The van der Waals surface area contributed by atoms with E-state index in [1.165, 1.54) is 36.4 Å². The van der Waals surface area contributed by atoms with E-state index in [0.717, 1.165) is 12.1 Å². The molecule has 2 amide bonds. The van der Waals surface area contributed by atoms with Gasteiger partial charge >= 0.3 is 6.18 Å². The van der Waals surface area contributed by atoms with Gasteiger partial charge in [-0.25, -0.2) is 8.42 Å². The van der Waals surface area contributed by atoms with Crippen LogP contribution in [0.4, 0.5) is 24.5 Å². The van der Waals surface area contributed by atoms with Crippen LogP contribution < -0.4 is 14.9 Å². The van der Waals surface area contributed by atoms with Crippen molar-refractivity contribution >= 4 is 44.8 Å². The Labute approximate surface area is 223 Å². The maximum absolute atomic E-state index is 13.5. The van der Waals surface area contributed by atoms with E-state index in [2.05, 4.69) is 10.6 Å². The Morgan fingerprint density at radius 2 is 1.63 bits per heavy atom. The molecule has 0 heterocycles. The lowest BCUT2D eigenvalue weighted by Crippen LogP contribution is -2.39. The maximum Gasteiger partial charge on any atom is 0.417 e. The smallest absolute Gasteiger partial charge is 0.350 e. The first-order valence-corrected chi connectivity index (χ1v) is 13.3. The van der Waals surface area contributed by atoms with Crippen LogP contribution in [0.2, 0.25) is 5.02 Å². The summed E-state index contributed by atoms with van der Waals surface area (Å²) in [6.07, 6.45) is -4.19. The first kappa shape index (κ1) is 29.0. The minimum Gasteiger partial charge on any atom is -0.350 e. The zero-order valence-electron chi connectivity index (χ0n) is 20.4. The molecular formula is C26H25ClF3N3O4S. The molecule has 3 aromatic rings. The van der Waals surface area contributed by atoms with E-state index in [-0.39, 0.29) is 22.2 Å². The highest BCUT2D eigenvalue weighted by molar-refractivity contribution is 7.92. The van der Waals surface area contributed by atoms with Crippen molar-refractivity contribution in [3.05, 3.63) is 88.9 Å². The largest absolute Gasteiger partial charge is 0.417 e. The molecule has 1 atom stereocenters. The summed E-state index contributed by atoms with van der Waals surface area (Å²) in [5.74, 6) is -1.33. The summed E-state index contributed by atoms with van der Waals surface area (Å²) in [7, 11) is -4.48. The molecular weight excluding hydrogens is 543 g/mol. The Hall–Kier alpha value is -3.57. The van der Waals surface area contributed by atoms with E-state index in [4.69, 9.17) is 11.6 Å². The van der Waals surface area contributed by atoms with Crippen molar-refractivity contribution in [1.29, 1.82) is 0 Å². The Morgan fingerprint density at radius 1 is 1.00 bits per heavy atom. The van der Waals surface area contributed by atoms with E-state index in [0.29, 0.717) is 16.8 Å². The third kappa shape index (κ3) is 6.84. The molecule has 12 heteroatoms. The second kappa shape index (κ2) is 11.9. The molecule has 0 unspecified atom stereocenters. The fourth-order valence-electron chi connectivity index (χ4n) is 3.43. The standard InChI is InChI=1S/C26H25ClF3N3O4S/c1-3-17(2)31-25(35)20-11-7-8-12-23(20)32-24(34)16-33(38(36,37)19-9-5-4-6-10-19)18-13-14-22(27)21(15-18)26(28,29)30/h4-15,17H,3,16H2,1-2H3,(H,31,35)(H,32,34)/t17-/m0/s1. The molecule has 0 aliphatic heterocycles. The van der Waals surface area contributed by atoms with Crippen LogP contribution in [0, 0.1) is 0 Å². The van der Waals surface area contributed by atoms with Crippen LogP contribution in [0.25, 0.3) is 0 Å². The average molecular weight is 568 g/mol. The van der Waals surface area contributed by atoms with Gasteiger partial charge in [-0.1, -0.05) is 48.9 Å². The van der Waals surface area contributed by atoms with Crippen LogP contribution in [-0.2, 0) is 21.0 Å². The number of sulfonamides is 1. The molecule has 0 saturated carbocycles. The Bertz CT molecular complexity index is 1420. The number of benzene rings is 3. The van der Waals surface area contributed by atoms with Gasteiger partial charge in [0.1, 0.15) is 6.54 Å². The predicted molar refractivity (Wildman–Crippen MR) is 140 cm³/mol. The summed E-state index contributed by atoms with van der Waals surface area (Å²) < 4.78 is 68.1. The number of nitrogens with one attached hydrogen (secondary N) is 2. The summed E-state index contributed by atoms with van der Waals surface area (Å²) >= 11 is 5.72. The van der Waals surface area contributed by atoms with E-state index < -0.39 is 50.8 Å². The topological polar surface area (TPSA) is 95.6 Å². The molecule has 0 saturated heterocycles. The quantitative estimate of drug-likeness (QED) is 0.346. The van der Waals surface area contributed by atoms with E-state index >= 15 is 0 Å². The summed E-state index contributed by atoms with van der Waals surface area (Å²) in [6, 6.07) is 15.5. The zero-order chi connectivity index (χ0) is 28.1. The summed E-state index contributed by atoms with van der Waals surface area (Å²) in [6.45, 7) is 2.82. The lowest BCUT2D eigenvalue weighted by molar-refractivity contribution is -0.137. The molecule has 0 aliphatic carbocycles. The number of amides is 2. The predicted octanol–water partition coefficient (Wildman–Crippen LogP) is 5.72. The van der Waals surface area contributed by atoms with Gasteiger partial charge in [-0.3, -0.25) is 13.9 Å². The average Bonchev–Trinajstić information content (AvgIpc) is 2.87. The first-order chi connectivity index (χ1) is 17.8. The van der Waals surface area contributed by atoms with Gasteiger partial charge in [-0.2, -0.15) is 13.2 Å². The van der Waals surface area contributed by atoms with E-state index in [1.807, 2.05) is 13.8 Å². The number of anilines is 2. The highest BCUT2D eigenvalue weighted by atomic mass is 35.5. The number of carbonyl (C=O) groups excluding carboxylic acids is 2. The minimum absolute atomic E-state index is 0.113. The Balaban J connectivity index is 2.00. The number of carbonyl (C=O) groups is 2. The summed E-state index contributed by atoms with van der Waals surface area (Å²) in [4.78, 5) is 25.5. The molecule has 2 N–H and O–H groups in total. The van der Waals surface area contributed by atoms with E-state index in [9.17, 15) is 31.2 Å². The molecule has 7 nitrogen and oxygen atoms in total. The fraction of sp³-hybridized carbons (Fsp3) is 0.231. The van der Waals surface area contributed by atoms with Crippen molar-refractivity contribution in [2.24, 2.45) is 0 Å². The van der Waals surface area contributed by atoms with Crippen LogP contribution >= 0.6 is 11.6 Å². The van der Waals surface area contributed by atoms with Crippen molar-refractivity contribution in [2.45, 2.75) is 37.4 Å². The SMILES string of the molecule is CC[C@H](C)NC(=O)c1ccccc1NC(=O)CN(c1ccc(Cl)c(C(F)(F)F)c1)S(=O)(=O)c1ccccc1. The lowest BCUT2D eigenvalue weighted by atomic mass is 10.1. The number of nitrogens with zero attached hydrogens (tertiary/aromatic N) is 1. The highest BCUT2D eigenvalue weighted by Crippen LogP contribution is 2.38. The van der Waals surface area contributed by atoms with Gasteiger partial charge in [0, 0.05) is 6.04 Å². The normalized spacial score (nSPS) is 12.5. The molecule has 38 heavy (non-hydrogen) atoms. The van der Waals surface area contributed by atoms with Crippen LogP contribution in [0.3, 0.4) is 0 Å². The van der Waals surface area contributed by atoms with Crippen LogP contribution in [0.15, 0.2) is 77.7 Å². The third-order valence-corrected chi connectivity index (χ3v) is 7.72. The second-order valence-electron chi connectivity index (χ2n) is 8.36.